The largest absolute Gasteiger partial charge is 0.495 e. The maximum atomic E-state index is 14.6. The summed E-state index contributed by atoms with van der Waals surface area (Å²) in [6, 6.07) is 11.0. The Hall–Kier alpha value is -4.83. The van der Waals surface area contributed by atoms with Crippen molar-refractivity contribution in [1.82, 2.24) is 35.0 Å². The molecule has 1 aromatic carbocycles. The fraction of sp³-hybridized carbons (Fsp3) is 0.172. The second kappa shape index (κ2) is 10.1. The topological polar surface area (TPSA) is 108 Å². The first kappa shape index (κ1) is 24.5. The van der Waals surface area contributed by atoms with Gasteiger partial charge in [-0.3, -0.25) is 15.1 Å². The summed E-state index contributed by atoms with van der Waals surface area (Å²) in [5.74, 6) is 0.363. The van der Waals surface area contributed by atoms with E-state index in [9.17, 15) is 4.39 Å². The van der Waals surface area contributed by atoms with Crippen LogP contribution in [0.4, 0.5) is 10.1 Å². The minimum absolute atomic E-state index is 0.308. The number of methoxy groups -OCH3 is 1. The van der Waals surface area contributed by atoms with Crippen LogP contribution in [0, 0.1) is 5.82 Å². The van der Waals surface area contributed by atoms with Crippen LogP contribution in [0.5, 0.6) is 5.75 Å². The minimum Gasteiger partial charge on any atom is -0.495 e. The van der Waals surface area contributed by atoms with Crippen molar-refractivity contribution in [2.75, 3.05) is 39.6 Å². The first-order valence-corrected chi connectivity index (χ1v) is 12.5. The SMILES string of the molecule is COc1cncc(-c2cnc3n[nH]c(-c4cc5c(-c6cc(F)cc(NCCN(C)C)c6)cncc5[nH]4)c3c2)c1. The third-order valence-corrected chi connectivity index (χ3v) is 6.60. The number of ether oxygens (including phenoxy) is 1. The number of hydrogen-bond acceptors (Lipinski definition) is 7. The summed E-state index contributed by atoms with van der Waals surface area (Å²) >= 11 is 0. The van der Waals surface area contributed by atoms with Gasteiger partial charge in [0.15, 0.2) is 5.65 Å². The van der Waals surface area contributed by atoms with Crippen molar-refractivity contribution in [3.63, 3.8) is 0 Å². The van der Waals surface area contributed by atoms with Crippen molar-refractivity contribution >= 4 is 27.6 Å². The fourth-order valence-electron chi connectivity index (χ4n) is 4.64. The number of anilines is 1. The highest BCUT2D eigenvalue weighted by Gasteiger charge is 2.16. The van der Waals surface area contributed by atoms with E-state index in [4.69, 9.17) is 4.74 Å². The zero-order valence-electron chi connectivity index (χ0n) is 21.8. The van der Waals surface area contributed by atoms with Gasteiger partial charge in [-0.05, 0) is 56.1 Å². The molecule has 0 spiro atoms. The average Bonchev–Trinajstić information content (AvgIpc) is 3.56. The molecule has 39 heavy (non-hydrogen) atoms. The summed E-state index contributed by atoms with van der Waals surface area (Å²) in [5.41, 5.74) is 7.13. The lowest BCUT2D eigenvalue weighted by Gasteiger charge is -2.13. The Bertz CT molecular complexity index is 1790. The third-order valence-electron chi connectivity index (χ3n) is 6.60. The van der Waals surface area contributed by atoms with Crippen LogP contribution in [0.1, 0.15) is 0 Å². The molecule has 6 rings (SSSR count). The van der Waals surface area contributed by atoms with Gasteiger partial charge in [-0.1, -0.05) is 0 Å². The molecule has 0 bridgehead atoms. The number of benzene rings is 1. The first-order chi connectivity index (χ1) is 19.0. The molecule has 5 heterocycles. The number of pyridine rings is 3. The molecule has 196 valence electrons. The Morgan fingerprint density at radius 3 is 2.59 bits per heavy atom. The summed E-state index contributed by atoms with van der Waals surface area (Å²) in [6.07, 6.45) is 8.73. The molecule has 0 saturated carbocycles. The molecule has 0 fully saturated rings. The molecule has 0 aliphatic carbocycles. The maximum Gasteiger partial charge on any atom is 0.181 e. The van der Waals surface area contributed by atoms with E-state index < -0.39 is 0 Å². The van der Waals surface area contributed by atoms with E-state index in [1.165, 1.54) is 12.1 Å². The molecular weight excluding hydrogens is 495 g/mol. The molecule has 0 unspecified atom stereocenters. The van der Waals surface area contributed by atoms with Gasteiger partial charge in [-0.2, -0.15) is 5.10 Å². The molecule has 0 radical (unpaired) electrons. The number of rotatable bonds is 8. The van der Waals surface area contributed by atoms with E-state index in [1.54, 1.807) is 38.1 Å². The summed E-state index contributed by atoms with van der Waals surface area (Å²) in [6.45, 7) is 1.55. The molecule has 5 aromatic heterocycles. The Labute approximate surface area is 224 Å². The van der Waals surface area contributed by atoms with Crippen LogP contribution >= 0.6 is 0 Å². The summed E-state index contributed by atoms with van der Waals surface area (Å²) < 4.78 is 19.9. The van der Waals surface area contributed by atoms with Crippen molar-refractivity contribution in [2.45, 2.75) is 0 Å². The lowest BCUT2D eigenvalue weighted by Crippen LogP contribution is -2.20. The molecule has 6 aromatic rings. The van der Waals surface area contributed by atoms with Gasteiger partial charge in [0, 0.05) is 64.8 Å². The Morgan fingerprint density at radius 2 is 1.74 bits per heavy atom. The van der Waals surface area contributed by atoms with Gasteiger partial charge < -0.3 is 19.9 Å². The second-order valence-electron chi connectivity index (χ2n) is 9.60. The van der Waals surface area contributed by atoms with E-state index >= 15 is 0 Å². The van der Waals surface area contributed by atoms with Crippen LogP contribution in [-0.4, -0.2) is 69.3 Å². The molecule has 0 amide bonds. The van der Waals surface area contributed by atoms with Gasteiger partial charge in [0.1, 0.15) is 11.6 Å². The normalized spacial score (nSPS) is 11.5. The maximum absolute atomic E-state index is 14.6. The molecular formula is C29H27FN8O. The zero-order chi connectivity index (χ0) is 26.9. The predicted octanol–water partition coefficient (Wildman–Crippen LogP) is 5.35. The number of likely N-dealkylation sites (N-methyl/N-ethyl adjacent to an activating group) is 1. The first-order valence-electron chi connectivity index (χ1n) is 12.5. The average molecular weight is 523 g/mol. The van der Waals surface area contributed by atoms with Crippen molar-refractivity contribution < 1.29 is 9.13 Å². The summed E-state index contributed by atoms with van der Waals surface area (Å²) in [4.78, 5) is 18.7. The van der Waals surface area contributed by atoms with Crippen molar-refractivity contribution in [3.8, 4) is 39.4 Å². The molecule has 9 nitrogen and oxygen atoms in total. The van der Waals surface area contributed by atoms with Crippen LogP contribution < -0.4 is 10.1 Å². The van der Waals surface area contributed by atoms with Crippen LogP contribution in [0.25, 0.3) is 55.6 Å². The Morgan fingerprint density at radius 1 is 0.897 bits per heavy atom. The molecule has 0 aliphatic rings. The minimum atomic E-state index is -0.308. The summed E-state index contributed by atoms with van der Waals surface area (Å²) in [7, 11) is 5.62. The van der Waals surface area contributed by atoms with Gasteiger partial charge in [-0.15, -0.1) is 0 Å². The van der Waals surface area contributed by atoms with Crippen molar-refractivity contribution in [1.29, 1.82) is 0 Å². The number of nitrogens with one attached hydrogen (secondary N) is 3. The molecule has 3 N–H and O–H groups in total. The molecule has 0 aliphatic heterocycles. The number of aromatic amines is 2. The highest BCUT2D eigenvalue weighted by atomic mass is 19.1. The van der Waals surface area contributed by atoms with Crippen molar-refractivity contribution in [2.24, 2.45) is 0 Å². The number of aromatic nitrogens is 6. The van der Waals surface area contributed by atoms with Gasteiger partial charge in [0.05, 0.1) is 36.4 Å². The van der Waals surface area contributed by atoms with E-state index in [0.29, 0.717) is 17.9 Å². The summed E-state index contributed by atoms with van der Waals surface area (Å²) in [5, 5.41) is 12.6. The van der Waals surface area contributed by atoms with E-state index in [0.717, 1.165) is 62.2 Å². The van der Waals surface area contributed by atoms with Gasteiger partial charge in [-0.25, -0.2) is 9.37 Å². The predicted molar refractivity (Wildman–Crippen MR) is 151 cm³/mol. The molecule has 0 saturated heterocycles. The Kier molecular flexibility index (Phi) is 6.37. The smallest absolute Gasteiger partial charge is 0.181 e. The fourth-order valence-corrected chi connectivity index (χ4v) is 4.64. The molecule has 0 atom stereocenters. The van der Waals surface area contributed by atoms with E-state index in [1.807, 2.05) is 38.4 Å². The highest BCUT2D eigenvalue weighted by Crippen LogP contribution is 2.35. The number of hydrogen-bond donors (Lipinski definition) is 3. The monoisotopic (exact) mass is 522 g/mol. The second-order valence-corrected chi connectivity index (χ2v) is 9.60. The van der Waals surface area contributed by atoms with E-state index in [-0.39, 0.29) is 5.82 Å². The standard InChI is InChI=1S/C29H27FN8O/c1-38(2)5-4-33-21-7-17(6-20(30)10-21)25-15-32-16-27-23(25)11-26(35-27)28-24-9-19(13-34-29(24)37-36-28)18-8-22(39-3)14-31-12-18/h6-16,33,35H,4-5H2,1-3H3,(H,34,36,37). The van der Waals surface area contributed by atoms with Gasteiger partial charge in [0.2, 0.25) is 0 Å². The quantitative estimate of drug-likeness (QED) is 0.247. The third kappa shape index (κ3) is 4.89. The highest BCUT2D eigenvalue weighted by molar-refractivity contribution is 6.00. The lowest BCUT2D eigenvalue weighted by molar-refractivity contribution is 0.413. The van der Waals surface area contributed by atoms with Crippen LogP contribution in [-0.2, 0) is 0 Å². The van der Waals surface area contributed by atoms with Crippen LogP contribution in [0.15, 0.2) is 67.4 Å². The number of halogens is 1. The van der Waals surface area contributed by atoms with Crippen molar-refractivity contribution in [3.05, 3.63) is 73.2 Å². The Balaban J connectivity index is 1.40. The van der Waals surface area contributed by atoms with Crippen LogP contribution in [0.2, 0.25) is 0 Å². The number of nitrogens with zero attached hydrogens (tertiary/aromatic N) is 5. The van der Waals surface area contributed by atoms with Crippen LogP contribution in [0.3, 0.4) is 0 Å². The lowest BCUT2D eigenvalue weighted by atomic mass is 10.0. The molecule has 10 heteroatoms. The number of H-pyrrole nitrogens is 2. The zero-order valence-corrected chi connectivity index (χ0v) is 21.8. The van der Waals surface area contributed by atoms with Gasteiger partial charge >= 0.3 is 0 Å². The van der Waals surface area contributed by atoms with E-state index in [2.05, 4.69) is 40.3 Å². The number of fused-ring (bicyclic) bond motifs is 2. The van der Waals surface area contributed by atoms with Gasteiger partial charge in [0.25, 0.3) is 0 Å².